The third kappa shape index (κ3) is 6.96. The van der Waals surface area contributed by atoms with Crippen LogP contribution in [-0.2, 0) is 25.7 Å². The Morgan fingerprint density at radius 2 is 1.69 bits per heavy atom. The molecule has 1 aromatic heterocycles. The summed E-state index contributed by atoms with van der Waals surface area (Å²) in [5.74, 6) is -0.0222. The van der Waals surface area contributed by atoms with Crippen LogP contribution in [0.2, 0.25) is 0 Å². The smallest absolute Gasteiger partial charge is 0.309 e. The highest BCUT2D eigenvalue weighted by atomic mass is 16.5. The normalized spacial score (nSPS) is 36.4. The third-order valence-electron chi connectivity index (χ3n) is 16.7. The Labute approximate surface area is 330 Å². The maximum absolute atomic E-state index is 14.2. The quantitative estimate of drug-likeness (QED) is 0.192. The summed E-state index contributed by atoms with van der Waals surface area (Å²) in [4.78, 5) is 48.0. The van der Waals surface area contributed by atoms with Gasteiger partial charge in [-0.1, -0.05) is 54.0 Å². The number of Topliss-reactive ketones (excluding diaryl/α,β-unsaturated/α-hetero) is 1. The maximum atomic E-state index is 14.2. The monoisotopic (exact) mass is 766 g/mol. The van der Waals surface area contributed by atoms with Gasteiger partial charge in [0.25, 0.3) is 0 Å². The number of ether oxygens (including phenoxy) is 1. The molecule has 0 amide bonds. The molecule has 0 unspecified atom stereocenters. The molecule has 4 fully saturated rings. The van der Waals surface area contributed by atoms with Crippen LogP contribution in [0.1, 0.15) is 132 Å². The Balaban J connectivity index is 1.28. The zero-order chi connectivity index (χ0) is 40.5. The molecule has 1 heterocycles. The number of carboxylic acids is 1. The molecule has 308 valence electrons. The lowest BCUT2D eigenvalue weighted by atomic mass is 9.33. The average molecular weight is 766 g/mol. The van der Waals surface area contributed by atoms with Crippen LogP contribution in [0.25, 0.3) is 0 Å². The number of allylic oxidation sites excluding steroid dienone is 1. The minimum Gasteiger partial charge on any atom is -0.481 e. The van der Waals surface area contributed by atoms with Gasteiger partial charge >= 0.3 is 11.9 Å². The molecule has 0 saturated heterocycles. The molecule has 1 aromatic rings. The van der Waals surface area contributed by atoms with E-state index >= 15 is 0 Å². The van der Waals surface area contributed by atoms with Gasteiger partial charge in [0.05, 0.1) is 23.6 Å². The van der Waals surface area contributed by atoms with Gasteiger partial charge in [-0.2, -0.15) is 0 Å². The van der Waals surface area contributed by atoms with Gasteiger partial charge in [-0.3, -0.25) is 19.3 Å². The Hall–Kier alpha value is -2.56. The molecular formula is C45H71N3O7. The minimum absolute atomic E-state index is 0.0333. The Bertz CT molecular complexity index is 1650. The lowest BCUT2D eigenvalue weighted by molar-refractivity contribution is -0.235. The number of aliphatic hydroxyl groups excluding tert-OH is 1. The van der Waals surface area contributed by atoms with E-state index in [1.807, 2.05) is 0 Å². The molecule has 55 heavy (non-hydrogen) atoms. The second-order valence-electron chi connectivity index (χ2n) is 21.1. The Morgan fingerprint density at radius 1 is 0.982 bits per heavy atom. The number of ketones is 1. The van der Waals surface area contributed by atoms with Crippen LogP contribution in [0.5, 0.6) is 0 Å². The first-order chi connectivity index (χ1) is 25.5. The number of likely N-dealkylation sites (N-methyl/N-ethyl adjacent to an activating group) is 1. The van der Waals surface area contributed by atoms with Gasteiger partial charge in [0.1, 0.15) is 12.4 Å². The lowest BCUT2D eigenvalue weighted by Gasteiger charge is -2.72. The molecular weight excluding hydrogens is 695 g/mol. The summed E-state index contributed by atoms with van der Waals surface area (Å²) in [6.07, 6.45) is 10.2. The van der Waals surface area contributed by atoms with Gasteiger partial charge in [0, 0.05) is 43.4 Å². The number of carbonyl (C=O) groups excluding carboxylic acids is 2. The van der Waals surface area contributed by atoms with Gasteiger partial charge in [-0.05, 0) is 125 Å². The number of rotatable bonds is 13. The predicted molar refractivity (Wildman–Crippen MR) is 212 cm³/mol. The zero-order valence-corrected chi connectivity index (χ0v) is 35.8. The highest BCUT2D eigenvalue weighted by molar-refractivity contribution is 6.00. The van der Waals surface area contributed by atoms with Crippen molar-refractivity contribution in [2.45, 2.75) is 145 Å². The van der Waals surface area contributed by atoms with Crippen molar-refractivity contribution < 1.29 is 33.8 Å². The predicted octanol–water partition coefficient (Wildman–Crippen LogP) is 7.79. The summed E-state index contributed by atoms with van der Waals surface area (Å²) >= 11 is 0. The number of esters is 1. The van der Waals surface area contributed by atoms with E-state index in [9.17, 15) is 24.6 Å². The molecule has 9 atom stereocenters. The second kappa shape index (κ2) is 14.7. The maximum Gasteiger partial charge on any atom is 0.309 e. The number of carbonyl (C=O) groups is 3. The summed E-state index contributed by atoms with van der Waals surface area (Å²) in [5.41, 5.74) is 1.18. The van der Waals surface area contributed by atoms with E-state index in [0.717, 1.165) is 75.7 Å². The number of hydrogen-bond donors (Lipinski definition) is 2. The van der Waals surface area contributed by atoms with Crippen molar-refractivity contribution in [3.05, 3.63) is 29.5 Å². The Morgan fingerprint density at radius 3 is 2.31 bits per heavy atom. The van der Waals surface area contributed by atoms with Gasteiger partial charge in [-0.25, -0.2) is 4.98 Å². The van der Waals surface area contributed by atoms with Crippen molar-refractivity contribution in [1.29, 1.82) is 0 Å². The minimum atomic E-state index is -1.17. The van der Waals surface area contributed by atoms with E-state index in [-0.39, 0.29) is 51.8 Å². The van der Waals surface area contributed by atoms with Crippen molar-refractivity contribution in [2.75, 3.05) is 33.7 Å². The number of hydrogen-bond acceptors (Lipinski definition) is 9. The summed E-state index contributed by atoms with van der Waals surface area (Å²) in [7, 11) is 4.13. The van der Waals surface area contributed by atoms with Crippen molar-refractivity contribution in [1.82, 2.24) is 14.8 Å². The molecule has 2 N–H and O–H groups in total. The number of oxazole rings is 1. The fourth-order valence-electron chi connectivity index (χ4n) is 13.5. The van der Waals surface area contributed by atoms with Crippen LogP contribution in [0.15, 0.2) is 28.2 Å². The van der Waals surface area contributed by atoms with Gasteiger partial charge in [0.2, 0.25) is 0 Å². The molecule has 0 spiro atoms. The number of aliphatic carboxylic acids is 1. The highest BCUT2D eigenvalue weighted by Gasteiger charge is 2.71. The number of aliphatic hydroxyl groups is 1. The van der Waals surface area contributed by atoms with Crippen molar-refractivity contribution in [3.63, 3.8) is 0 Å². The standard InChI is InChI=1S/C45H71N3O7/c1-28(2)37-31(49)22-45(34(50)25-48(21-20-47(10)11)24-29-26-54-27-46-29)19-18-43(8)30(38(37)45)12-13-33-42(7)16-15-35(55-36(51)23-40(3,4)39(52)53)41(5,6)32(42)14-17-44(33,43)9/h26-28,30,32-35,50H,12-25H2,1-11H3,(H,52,53)/t30-,32+,33-,34+,35+,42+,43-,44-,45+/m1/s1. The summed E-state index contributed by atoms with van der Waals surface area (Å²) in [5, 5.41) is 22.2. The van der Waals surface area contributed by atoms with Crippen molar-refractivity contribution in [2.24, 2.45) is 56.2 Å². The first kappa shape index (κ1) is 42.1. The number of fused-ring (bicyclic) bond motifs is 7. The molecule has 0 radical (unpaired) electrons. The fraction of sp³-hybridized carbons (Fsp3) is 0.822. The summed E-state index contributed by atoms with van der Waals surface area (Å²) < 4.78 is 11.5. The van der Waals surface area contributed by atoms with E-state index in [1.54, 1.807) is 20.1 Å². The summed E-state index contributed by atoms with van der Waals surface area (Å²) in [6, 6.07) is 0. The van der Waals surface area contributed by atoms with Crippen molar-refractivity contribution >= 4 is 17.7 Å². The van der Waals surface area contributed by atoms with E-state index in [0.29, 0.717) is 31.3 Å². The largest absolute Gasteiger partial charge is 0.481 e. The topological polar surface area (TPSA) is 133 Å². The van der Waals surface area contributed by atoms with Crippen LogP contribution >= 0.6 is 0 Å². The van der Waals surface area contributed by atoms with Crippen LogP contribution in [0.3, 0.4) is 0 Å². The van der Waals surface area contributed by atoms with Crippen LogP contribution in [0, 0.1) is 56.2 Å². The van der Waals surface area contributed by atoms with E-state index in [1.165, 1.54) is 12.0 Å². The van der Waals surface area contributed by atoms with E-state index < -0.39 is 28.9 Å². The SMILES string of the molecule is CC(C)C1=C2[C@H]3CC[C@@H]4[C@@]5(C)CC[C@H](OC(=O)CC(C)(C)C(=O)O)C(C)(C)[C@@H]5CC[C@@]4(C)[C@]3(C)CC[C@@]2([C@@H](O)CN(CCN(C)C)Cc2cocn2)CC1=O. The van der Waals surface area contributed by atoms with Crippen LogP contribution in [0.4, 0.5) is 0 Å². The highest BCUT2D eigenvalue weighted by Crippen LogP contribution is 2.77. The molecule has 10 heteroatoms. The Kier molecular flexibility index (Phi) is 11.2. The fourth-order valence-corrected chi connectivity index (χ4v) is 13.5. The molecule has 6 rings (SSSR count). The number of nitrogens with zero attached hydrogens (tertiary/aromatic N) is 3. The van der Waals surface area contributed by atoms with Gasteiger partial charge < -0.3 is 24.3 Å². The number of aromatic nitrogens is 1. The zero-order valence-electron chi connectivity index (χ0n) is 35.8. The first-order valence-corrected chi connectivity index (χ1v) is 21.2. The molecule has 5 aliphatic rings. The summed E-state index contributed by atoms with van der Waals surface area (Å²) in [6.45, 7) is 22.3. The molecule has 0 aromatic carbocycles. The molecule has 10 nitrogen and oxygen atoms in total. The molecule has 0 bridgehead atoms. The average Bonchev–Trinajstić information content (AvgIpc) is 3.70. The molecule has 4 saturated carbocycles. The van der Waals surface area contributed by atoms with E-state index in [4.69, 9.17) is 9.15 Å². The number of carboxylic acid groups (broad SMARTS) is 1. The second-order valence-corrected chi connectivity index (χ2v) is 21.1. The van der Waals surface area contributed by atoms with Crippen molar-refractivity contribution in [3.8, 4) is 0 Å². The molecule has 0 aliphatic heterocycles. The lowest BCUT2D eigenvalue weighted by Crippen LogP contribution is -2.66. The molecule has 5 aliphatic carbocycles. The van der Waals surface area contributed by atoms with E-state index in [2.05, 4.69) is 77.3 Å². The van der Waals surface area contributed by atoms with Gasteiger partial charge in [-0.15, -0.1) is 0 Å². The third-order valence-corrected chi connectivity index (χ3v) is 16.7. The van der Waals surface area contributed by atoms with Gasteiger partial charge in [0.15, 0.2) is 12.2 Å². The first-order valence-electron chi connectivity index (χ1n) is 21.2. The van der Waals surface area contributed by atoms with Crippen LogP contribution < -0.4 is 0 Å². The van der Waals surface area contributed by atoms with Crippen LogP contribution in [-0.4, -0.2) is 88.7 Å².